The number of rotatable bonds is 7. The Labute approximate surface area is 106 Å². The second kappa shape index (κ2) is 7.52. The van der Waals surface area contributed by atoms with E-state index in [1.165, 1.54) is 4.90 Å². The van der Waals surface area contributed by atoms with Crippen LogP contribution >= 0.6 is 0 Å². The van der Waals surface area contributed by atoms with Crippen LogP contribution in [0.15, 0.2) is 0 Å². The van der Waals surface area contributed by atoms with Gasteiger partial charge in [-0.2, -0.15) is 0 Å². The normalized spacial score (nSPS) is 13.5. The van der Waals surface area contributed by atoms with Crippen LogP contribution in [0.1, 0.15) is 33.1 Å². The number of aliphatic carboxylic acids is 1. The van der Waals surface area contributed by atoms with E-state index >= 15 is 0 Å². The second-order valence-electron chi connectivity index (χ2n) is 4.26. The Balaban J connectivity index is 4.49. The highest BCUT2D eigenvalue weighted by atomic mass is 16.4. The van der Waals surface area contributed by atoms with Gasteiger partial charge in [0.1, 0.15) is 6.04 Å². The molecule has 7 nitrogen and oxygen atoms in total. The van der Waals surface area contributed by atoms with E-state index in [1.807, 2.05) is 13.8 Å². The van der Waals surface area contributed by atoms with E-state index in [-0.39, 0.29) is 6.04 Å². The van der Waals surface area contributed by atoms with Crippen molar-refractivity contribution in [2.75, 3.05) is 7.05 Å². The molecule has 0 rings (SSSR count). The van der Waals surface area contributed by atoms with Gasteiger partial charge in [-0.3, -0.25) is 4.79 Å². The van der Waals surface area contributed by atoms with Crippen molar-refractivity contribution in [2.45, 2.75) is 45.2 Å². The van der Waals surface area contributed by atoms with Crippen molar-refractivity contribution in [1.29, 1.82) is 0 Å². The lowest BCUT2D eigenvalue weighted by Crippen LogP contribution is -2.50. The predicted octanol–water partition coefficient (Wildman–Crippen LogP) is 0.145. The van der Waals surface area contributed by atoms with Crippen LogP contribution in [0.2, 0.25) is 0 Å². The molecule has 0 radical (unpaired) electrons. The Morgan fingerprint density at radius 3 is 2.33 bits per heavy atom. The Bertz CT molecular complexity index is 319. The summed E-state index contributed by atoms with van der Waals surface area (Å²) >= 11 is 0. The first kappa shape index (κ1) is 16.2. The van der Waals surface area contributed by atoms with Gasteiger partial charge in [0.05, 0.1) is 6.42 Å². The maximum Gasteiger partial charge on any atom is 0.326 e. The zero-order valence-electron chi connectivity index (χ0n) is 11.0. The zero-order valence-corrected chi connectivity index (χ0v) is 11.0. The Hall–Kier alpha value is -1.79. The molecule has 2 unspecified atom stereocenters. The minimum Gasteiger partial charge on any atom is -0.480 e. The van der Waals surface area contributed by atoms with Crippen LogP contribution in [0.5, 0.6) is 0 Å². The Morgan fingerprint density at radius 2 is 1.94 bits per heavy atom. The number of hydrogen-bond acceptors (Lipinski definition) is 3. The summed E-state index contributed by atoms with van der Waals surface area (Å²) in [6, 6.07) is -1.81. The molecule has 104 valence electrons. The largest absolute Gasteiger partial charge is 0.480 e. The lowest BCUT2D eigenvalue weighted by Gasteiger charge is -2.26. The summed E-state index contributed by atoms with van der Waals surface area (Å²) in [6.07, 6.45) is 1.32. The fourth-order valence-electron chi connectivity index (χ4n) is 1.46. The van der Waals surface area contributed by atoms with E-state index in [0.29, 0.717) is 0 Å². The van der Waals surface area contributed by atoms with Crippen LogP contribution in [0, 0.1) is 0 Å². The van der Waals surface area contributed by atoms with Crippen molar-refractivity contribution in [2.24, 2.45) is 5.73 Å². The molecule has 2 atom stereocenters. The highest BCUT2D eigenvalue weighted by Crippen LogP contribution is 2.05. The van der Waals surface area contributed by atoms with Gasteiger partial charge in [-0.25, -0.2) is 9.59 Å². The molecule has 0 aliphatic heterocycles. The quantitative estimate of drug-likeness (QED) is 0.603. The monoisotopic (exact) mass is 259 g/mol. The summed E-state index contributed by atoms with van der Waals surface area (Å²) in [5.41, 5.74) is 4.92. The molecule has 18 heavy (non-hydrogen) atoms. The number of nitrogens with zero attached hydrogens (tertiary/aromatic N) is 1. The number of carbonyl (C=O) groups is 3. The fraction of sp³-hybridized carbons (Fsp3) is 0.727. The molecule has 0 aromatic carbocycles. The minimum atomic E-state index is -1.29. The van der Waals surface area contributed by atoms with Crippen molar-refractivity contribution in [3.05, 3.63) is 0 Å². The third-order valence-electron chi connectivity index (χ3n) is 2.69. The molecule has 7 heteroatoms. The van der Waals surface area contributed by atoms with Gasteiger partial charge in [-0.15, -0.1) is 0 Å². The van der Waals surface area contributed by atoms with Crippen LogP contribution in [0.25, 0.3) is 0 Å². The highest BCUT2D eigenvalue weighted by Gasteiger charge is 2.24. The second-order valence-corrected chi connectivity index (χ2v) is 4.26. The molecule has 0 aromatic heterocycles. The van der Waals surface area contributed by atoms with E-state index in [0.717, 1.165) is 12.8 Å². The van der Waals surface area contributed by atoms with Gasteiger partial charge < -0.3 is 21.1 Å². The van der Waals surface area contributed by atoms with E-state index in [9.17, 15) is 14.4 Å². The van der Waals surface area contributed by atoms with Gasteiger partial charge in [-0.1, -0.05) is 13.3 Å². The van der Waals surface area contributed by atoms with Crippen LogP contribution in [0.3, 0.4) is 0 Å². The molecule has 0 aliphatic carbocycles. The van der Waals surface area contributed by atoms with E-state index in [4.69, 9.17) is 10.8 Å². The Morgan fingerprint density at radius 1 is 1.39 bits per heavy atom. The summed E-state index contributed by atoms with van der Waals surface area (Å²) in [4.78, 5) is 34.7. The fourth-order valence-corrected chi connectivity index (χ4v) is 1.46. The first-order valence-corrected chi connectivity index (χ1v) is 5.84. The van der Waals surface area contributed by atoms with Crippen molar-refractivity contribution in [3.8, 4) is 0 Å². The van der Waals surface area contributed by atoms with Gasteiger partial charge in [0.25, 0.3) is 0 Å². The average molecular weight is 259 g/mol. The van der Waals surface area contributed by atoms with Gasteiger partial charge in [0, 0.05) is 13.1 Å². The molecular formula is C11H21N3O4. The smallest absolute Gasteiger partial charge is 0.326 e. The van der Waals surface area contributed by atoms with Crippen LogP contribution in [0.4, 0.5) is 4.79 Å². The van der Waals surface area contributed by atoms with E-state index in [2.05, 4.69) is 5.32 Å². The van der Waals surface area contributed by atoms with Crippen molar-refractivity contribution < 1.29 is 19.5 Å². The predicted molar refractivity (Wildman–Crippen MR) is 65.9 cm³/mol. The molecule has 0 aliphatic rings. The Kier molecular flexibility index (Phi) is 6.77. The third-order valence-corrected chi connectivity index (χ3v) is 2.69. The van der Waals surface area contributed by atoms with Gasteiger partial charge in [-0.05, 0) is 13.3 Å². The first-order chi connectivity index (χ1) is 8.29. The minimum absolute atomic E-state index is 0.00183. The maximum atomic E-state index is 11.8. The van der Waals surface area contributed by atoms with E-state index < -0.39 is 30.4 Å². The zero-order chi connectivity index (χ0) is 14.3. The van der Waals surface area contributed by atoms with Crippen molar-refractivity contribution in [1.82, 2.24) is 10.2 Å². The van der Waals surface area contributed by atoms with Crippen LogP contribution in [-0.2, 0) is 9.59 Å². The van der Waals surface area contributed by atoms with Crippen molar-refractivity contribution >= 4 is 17.9 Å². The number of primary amides is 1. The summed E-state index contributed by atoms with van der Waals surface area (Å²) in [5.74, 6) is -2.05. The lowest BCUT2D eigenvalue weighted by atomic mass is 10.2. The lowest BCUT2D eigenvalue weighted by molar-refractivity contribution is -0.141. The number of carboxylic acid groups (broad SMARTS) is 1. The molecule has 0 saturated carbocycles. The van der Waals surface area contributed by atoms with Crippen LogP contribution in [-0.4, -0.2) is 47.0 Å². The summed E-state index contributed by atoms with van der Waals surface area (Å²) < 4.78 is 0. The van der Waals surface area contributed by atoms with Gasteiger partial charge >= 0.3 is 12.0 Å². The standard InChI is InChI=1S/C11H21N3O4/c1-4-5-7(2)14(3)11(18)13-8(10(16)17)6-9(12)15/h7-8H,4-6H2,1-3H3,(H2,12,15)(H,13,18)(H,16,17). The third kappa shape index (κ3) is 5.51. The molecule has 3 amide bonds. The molecule has 0 fully saturated rings. The maximum absolute atomic E-state index is 11.8. The highest BCUT2D eigenvalue weighted by molar-refractivity contribution is 5.87. The molecule has 0 saturated heterocycles. The molecule has 0 bridgehead atoms. The van der Waals surface area contributed by atoms with Gasteiger partial charge in [0.15, 0.2) is 0 Å². The first-order valence-electron chi connectivity index (χ1n) is 5.84. The molecule has 0 heterocycles. The summed E-state index contributed by atoms with van der Waals surface area (Å²) in [6.45, 7) is 3.86. The average Bonchev–Trinajstić information content (AvgIpc) is 2.26. The number of carbonyl (C=O) groups excluding carboxylic acids is 2. The molecule has 0 spiro atoms. The van der Waals surface area contributed by atoms with Crippen molar-refractivity contribution in [3.63, 3.8) is 0 Å². The molecule has 4 N–H and O–H groups in total. The van der Waals surface area contributed by atoms with Crippen LogP contribution < -0.4 is 11.1 Å². The van der Waals surface area contributed by atoms with Gasteiger partial charge in [0.2, 0.25) is 5.91 Å². The molecular weight excluding hydrogens is 238 g/mol. The SMILES string of the molecule is CCCC(C)N(C)C(=O)NC(CC(N)=O)C(=O)O. The summed E-state index contributed by atoms with van der Waals surface area (Å²) in [7, 11) is 1.58. The number of amides is 3. The number of nitrogens with two attached hydrogens (primary N) is 1. The van der Waals surface area contributed by atoms with E-state index in [1.54, 1.807) is 7.05 Å². The number of nitrogens with one attached hydrogen (secondary N) is 1. The number of hydrogen-bond donors (Lipinski definition) is 3. The number of carboxylic acids is 1. The molecule has 0 aromatic rings. The topological polar surface area (TPSA) is 113 Å². The summed E-state index contributed by atoms with van der Waals surface area (Å²) in [5, 5.41) is 11.1. The number of urea groups is 1.